The Morgan fingerprint density at radius 1 is 1.21 bits per heavy atom. The second-order valence-electron chi connectivity index (χ2n) is 6.95. The molecule has 0 amide bonds. The monoisotopic (exact) mass is 542 g/mol. The zero-order valence-electron chi connectivity index (χ0n) is 16.6. The van der Waals surface area contributed by atoms with Crippen LogP contribution in [-0.2, 0) is 6.42 Å². The number of nitrogens with zero attached hydrogens (tertiary/aromatic N) is 2. The van der Waals surface area contributed by atoms with Crippen molar-refractivity contribution in [3.63, 3.8) is 0 Å². The second-order valence-corrected chi connectivity index (χ2v) is 7.80. The SMILES string of the molecule is CCNC(=NCCCc1ccc(Cl)cc1Cl)NCCCN1CCC(O)CC1.I. The lowest BCUT2D eigenvalue weighted by atomic mass is 10.1. The Morgan fingerprint density at radius 2 is 1.96 bits per heavy atom. The first-order valence-corrected chi connectivity index (χ1v) is 10.7. The van der Waals surface area contributed by atoms with Gasteiger partial charge in [-0.05, 0) is 63.3 Å². The molecule has 1 aromatic carbocycles. The van der Waals surface area contributed by atoms with Gasteiger partial charge in [-0.3, -0.25) is 4.99 Å². The first-order chi connectivity index (χ1) is 13.1. The van der Waals surface area contributed by atoms with Crippen molar-refractivity contribution in [2.45, 2.75) is 45.1 Å². The summed E-state index contributed by atoms with van der Waals surface area (Å²) >= 11 is 12.1. The van der Waals surface area contributed by atoms with Gasteiger partial charge >= 0.3 is 0 Å². The van der Waals surface area contributed by atoms with Crippen molar-refractivity contribution >= 4 is 53.1 Å². The second kappa shape index (κ2) is 14.7. The summed E-state index contributed by atoms with van der Waals surface area (Å²) in [6, 6.07) is 5.65. The van der Waals surface area contributed by atoms with Crippen LogP contribution in [0.15, 0.2) is 23.2 Å². The maximum Gasteiger partial charge on any atom is 0.191 e. The van der Waals surface area contributed by atoms with Gasteiger partial charge in [0.2, 0.25) is 0 Å². The summed E-state index contributed by atoms with van der Waals surface area (Å²) in [5, 5.41) is 17.6. The number of aliphatic hydroxyl groups is 1. The number of hydrogen-bond donors (Lipinski definition) is 3. The van der Waals surface area contributed by atoms with Crippen LogP contribution in [0.25, 0.3) is 0 Å². The van der Waals surface area contributed by atoms with E-state index in [4.69, 9.17) is 23.2 Å². The maximum absolute atomic E-state index is 9.56. The maximum atomic E-state index is 9.56. The number of guanidine groups is 1. The van der Waals surface area contributed by atoms with E-state index in [2.05, 4.69) is 27.4 Å². The molecule has 1 fully saturated rings. The fraction of sp³-hybridized carbons (Fsp3) is 0.650. The van der Waals surface area contributed by atoms with Crippen LogP contribution in [-0.4, -0.2) is 61.3 Å². The van der Waals surface area contributed by atoms with Crippen LogP contribution in [0, 0.1) is 0 Å². The van der Waals surface area contributed by atoms with Crippen molar-refractivity contribution in [3.05, 3.63) is 33.8 Å². The number of aryl methyl sites for hydroxylation is 1. The summed E-state index contributed by atoms with van der Waals surface area (Å²) in [6.07, 6.45) is 4.59. The quantitative estimate of drug-likeness (QED) is 0.191. The largest absolute Gasteiger partial charge is 0.393 e. The highest BCUT2D eigenvalue weighted by molar-refractivity contribution is 14.0. The van der Waals surface area contributed by atoms with Gasteiger partial charge < -0.3 is 20.6 Å². The van der Waals surface area contributed by atoms with Gasteiger partial charge in [0, 0.05) is 42.8 Å². The van der Waals surface area contributed by atoms with E-state index in [1.165, 1.54) is 0 Å². The first kappa shape index (κ1) is 25.8. The van der Waals surface area contributed by atoms with Gasteiger partial charge in [0.05, 0.1) is 6.10 Å². The molecule has 1 aliphatic heterocycles. The fourth-order valence-corrected chi connectivity index (χ4v) is 3.68. The van der Waals surface area contributed by atoms with Crippen LogP contribution < -0.4 is 10.6 Å². The summed E-state index contributed by atoms with van der Waals surface area (Å²) in [5.41, 5.74) is 1.11. The van der Waals surface area contributed by atoms with Crippen molar-refractivity contribution in [2.75, 3.05) is 39.3 Å². The summed E-state index contributed by atoms with van der Waals surface area (Å²) in [7, 11) is 0. The molecule has 0 saturated carbocycles. The highest BCUT2D eigenvalue weighted by Gasteiger charge is 2.15. The average Bonchev–Trinajstić information content (AvgIpc) is 2.65. The number of benzene rings is 1. The molecule has 0 atom stereocenters. The van der Waals surface area contributed by atoms with E-state index in [1.54, 1.807) is 6.07 Å². The van der Waals surface area contributed by atoms with Gasteiger partial charge in [-0.15, -0.1) is 24.0 Å². The van der Waals surface area contributed by atoms with Gasteiger partial charge in [-0.1, -0.05) is 29.3 Å². The summed E-state index contributed by atoms with van der Waals surface area (Å²) < 4.78 is 0. The zero-order valence-corrected chi connectivity index (χ0v) is 20.4. The molecule has 0 unspecified atom stereocenters. The average molecular weight is 543 g/mol. The van der Waals surface area contributed by atoms with Gasteiger partial charge in [-0.2, -0.15) is 0 Å². The molecular formula is C20H33Cl2IN4O. The number of aliphatic imine (C=N–C) groups is 1. The molecule has 160 valence electrons. The van der Waals surface area contributed by atoms with Gasteiger partial charge in [0.25, 0.3) is 0 Å². The standard InChI is InChI=1S/C20H32Cl2N4O.HI/c1-2-23-20(25-11-4-12-26-13-8-18(27)9-14-26)24-10-3-5-16-6-7-17(21)15-19(16)22;/h6-7,15,18,27H,2-5,8-14H2,1H3,(H2,23,24,25);1H. The van der Waals surface area contributed by atoms with Crippen LogP contribution >= 0.6 is 47.2 Å². The van der Waals surface area contributed by atoms with Crippen molar-refractivity contribution in [3.8, 4) is 0 Å². The molecule has 0 spiro atoms. The lowest BCUT2D eigenvalue weighted by Crippen LogP contribution is -2.40. The van der Waals surface area contributed by atoms with E-state index in [9.17, 15) is 5.11 Å². The fourth-order valence-electron chi connectivity index (χ4n) is 3.18. The van der Waals surface area contributed by atoms with Crippen LogP contribution in [0.5, 0.6) is 0 Å². The number of aliphatic hydroxyl groups excluding tert-OH is 1. The van der Waals surface area contributed by atoms with Crippen LogP contribution in [0.4, 0.5) is 0 Å². The molecule has 1 aromatic rings. The Bertz CT molecular complexity index is 596. The van der Waals surface area contributed by atoms with E-state index in [0.717, 1.165) is 87.9 Å². The third-order valence-corrected chi connectivity index (χ3v) is 5.32. The molecule has 1 heterocycles. The number of likely N-dealkylation sites (tertiary alicyclic amines) is 1. The molecule has 28 heavy (non-hydrogen) atoms. The van der Waals surface area contributed by atoms with Crippen molar-refractivity contribution < 1.29 is 5.11 Å². The highest BCUT2D eigenvalue weighted by Crippen LogP contribution is 2.22. The van der Waals surface area contributed by atoms with Crippen LogP contribution in [0.2, 0.25) is 10.0 Å². The molecule has 2 rings (SSSR count). The van der Waals surface area contributed by atoms with Gasteiger partial charge in [-0.25, -0.2) is 0 Å². The highest BCUT2D eigenvalue weighted by atomic mass is 127. The van der Waals surface area contributed by atoms with Crippen LogP contribution in [0.1, 0.15) is 38.2 Å². The number of rotatable bonds is 9. The third kappa shape index (κ3) is 9.96. The molecule has 1 saturated heterocycles. The van der Waals surface area contributed by atoms with Crippen LogP contribution in [0.3, 0.4) is 0 Å². The minimum absolute atomic E-state index is 0. The molecule has 8 heteroatoms. The molecular weight excluding hydrogens is 510 g/mol. The predicted molar refractivity (Wildman–Crippen MR) is 130 cm³/mol. The number of halogens is 3. The molecule has 0 bridgehead atoms. The number of hydrogen-bond acceptors (Lipinski definition) is 3. The van der Waals surface area contributed by atoms with Crippen molar-refractivity contribution in [1.82, 2.24) is 15.5 Å². The zero-order chi connectivity index (χ0) is 19.5. The molecule has 3 N–H and O–H groups in total. The summed E-state index contributed by atoms with van der Waals surface area (Å²) in [6.45, 7) is 7.63. The Labute approximate surface area is 196 Å². The Kier molecular flexibility index (Phi) is 13.5. The predicted octanol–water partition coefficient (Wildman–Crippen LogP) is 3.95. The molecule has 0 radical (unpaired) electrons. The Hall–Kier alpha value is -0.280. The van der Waals surface area contributed by atoms with E-state index in [0.29, 0.717) is 5.02 Å². The Morgan fingerprint density at radius 3 is 2.64 bits per heavy atom. The lowest BCUT2D eigenvalue weighted by Gasteiger charge is -2.29. The van der Waals surface area contributed by atoms with E-state index in [-0.39, 0.29) is 30.1 Å². The first-order valence-electron chi connectivity index (χ1n) is 9.95. The summed E-state index contributed by atoms with van der Waals surface area (Å²) in [5.74, 6) is 0.869. The molecule has 0 aliphatic carbocycles. The topological polar surface area (TPSA) is 59.9 Å². The molecule has 5 nitrogen and oxygen atoms in total. The number of piperidine rings is 1. The molecule has 1 aliphatic rings. The third-order valence-electron chi connectivity index (χ3n) is 4.73. The van der Waals surface area contributed by atoms with Crippen molar-refractivity contribution in [2.24, 2.45) is 4.99 Å². The van der Waals surface area contributed by atoms with E-state index < -0.39 is 0 Å². The smallest absolute Gasteiger partial charge is 0.191 e. The van der Waals surface area contributed by atoms with E-state index in [1.807, 2.05) is 12.1 Å². The molecule has 0 aromatic heterocycles. The van der Waals surface area contributed by atoms with Gasteiger partial charge in [0.1, 0.15) is 0 Å². The van der Waals surface area contributed by atoms with Gasteiger partial charge in [0.15, 0.2) is 5.96 Å². The summed E-state index contributed by atoms with van der Waals surface area (Å²) in [4.78, 5) is 7.07. The van der Waals surface area contributed by atoms with E-state index >= 15 is 0 Å². The minimum atomic E-state index is -0.102. The number of nitrogens with one attached hydrogen (secondary N) is 2. The van der Waals surface area contributed by atoms with Crippen molar-refractivity contribution in [1.29, 1.82) is 0 Å². The Balaban J connectivity index is 0.00000392. The normalized spacial score (nSPS) is 15.9. The minimum Gasteiger partial charge on any atom is -0.393 e. The lowest BCUT2D eigenvalue weighted by molar-refractivity contribution is 0.0823.